The second kappa shape index (κ2) is 6.90. The summed E-state index contributed by atoms with van der Waals surface area (Å²) in [5.41, 5.74) is 1.76. The Bertz CT molecular complexity index is 350. The number of nitrogens with zero attached hydrogens (tertiary/aromatic N) is 1. The average Bonchev–Trinajstić information content (AvgIpc) is 2.28. The van der Waals surface area contributed by atoms with Gasteiger partial charge in [-0.1, -0.05) is 32.8 Å². The lowest BCUT2D eigenvalue weighted by molar-refractivity contribution is 0.545. The monoisotopic (exact) mass is 216 g/mol. The topological polar surface area (TPSA) is 35.8 Å². The molecule has 0 saturated heterocycles. The first-order valence-electron chi connectivity index (χ1n) is 5.96. The van der Waals surface area contributed by atoms with Crippen LogP contribution in [0.5, 0.6) is 0 Å². The highest BCUT2D eigenvalue weighted by atomic mass is 14.9. The van der Waals surface area contributed by atoms with Crippen molar-refractivity contribution in [3.8, 4) is 6.07 Å². The maximum Gasteiger partial charge on any atom is 0.0992 e. The van der Waals surface area contributed by atoms with Crippen LogP contribution >= 0.6 is 0 Å². The van der Waals surface area contributed by atoms with E-state index in [9.17, 15) is 0 Å². The SMILES string of the molecule is CC(C)CCCCNc1cccc(C#N)c1. The van der Waals surface area contributed by atoms with Gasteiger partial charge in [0.05, 0.1) is 11.6 Å². The molecular weight excluding hydrogens is 196 g/mol. The number of nitriles is 1. The maximum atomic E-state index is 8.75. The molecule has 1 aromatic rings. The Morgan fingerprint density at radius 3 is 2.81 bits per heavy atom. The average molecular weight is 216 g/mol. The van der Waals surface area contributed by atoms with Crippen molar-refractivity contribution < 1.29 is 0 Å². The zero-order chi connectivity index (χ0) is 11.8. The molecule has 0 amide bonds. The summed E-state index contributed by atoms with van der Waals surface area (Å²) in [4.78, 5) is 0. The first-order valence-corrected chi connectivity index (χ1v) is 5.96. The van der Waals surface area contributed by atoms with E-state index in [-0.39, 0.29) is 0 Å². The molecule has 1 N–H and O–H groups in total. The lowest BCUT2D eigenvalue weighted by Crippen LogP contribution is -2.02. The number of hydrogen-bond donors (Lipinski definition) is 1. The predicted molar refractivity (Wildman–Crippen MR) is 68.3 cm³/mol. The van der Waals surface area contributed by atoms with Crippen LogP contribution in [-0.4, -0.2) is 6.54 Å². The normalized spacial score (nSPS) is 10.1. The van der Waals surface area contributed by atoms with Crippen LogP contribution in [-0.2, 0) is 0 Å². The molecule has 16 heavy (non-hydrogen) atoms. The largest absolute Gasteiger partial charge is 0.385 e. The number of benzene rings is 1. The Hall–Kier alpha value is -1.49. The number of unbranched alkanes of at least 4 members (excludes halogenated alkanes) is 1. The van der Waals surface area contributed by atoms with Gasteiger partial charge in [-0.3, -0.25) is 0 Å². The van der Waals surface area contributed by atoms with Gasteiger partial charge in [0.25, 0.3) is 0 Å². The second-order valence-corrected chi connectivity index (χ2v) is 4.51. The Morgan fingerprint density at radius 2 is 2.12 bits per heavy atom. The number of nitrogens with one attached hydrogen (secondary N) is 1. The maximum absolute atomic E-state index is 8.75. The minimum atomic E-state index is 0.715. The Labute approximate surface area is 98.3 Å². The lowest BCUT2D eigenvalue weighted by atomic mass is 10.1. The number of rotatable bonds is 6. The Balaban J connectivity index is 2.24. The summed E-state index contributed by atoms with van der Waals surface area (Å²) >= 11 is 0. The molecule has 0 aromatic heterocycles. The van der Waals surface area contributed by atoms with Crippen molar-refractivity contribution in [3.63, 3.8) is 0 Å². The molecule has 0 unspecified atom stereocenters. The predicted octanol–water partition coefficient (Wildman–Crippen LogP) is 3.80. The first kappa shape index (κ1) is 12.6. The molecule has 1 aromatic carbocycles. The number of hydrogen-bond acceptors (Lipinski definition) is 2. The van der Waals surface area contributed by atoms with E-state index in [1.54, 1.807) is 0 Å². The van der Waals surface area contributed by atoms with Gasteiger partial charge < -0.3 is 5.32 Å². The fraction of sp³-hybridized carbons (Fsp3) is 0.500. The second-order valence-electron chi connectivity index (χ2n) is 4.51. The Kier molecular flexibility index (Phi) is 5.42. The minimum Gasteiger partial charge on any atom is -0.385 e. The van der Waals surface area contributed by atoms with Crippen molar-refractivity contribution in [2.75, 3.05) is 11.9 Å². The molecule has 0 bridgehead atoms. The Morgan fingerprint density at radius 1 is 1.31 bits per heavy atom. The summed E-state index contributed by atoms with van der Waals surface area (Å²) in [7, 11) is 0. The molecule has 0 fully saturated rings. The molecule has 0 atom stereocenters. The molecule has 0 spiro atoms. The van der Waals surface area contributed by atoms with Crippen LogP contribution in [0.4, 0.5) is 5.69 Å². The zero-order valence-electron chi connectivity index (χ0n) is 10.2. The highest BCUT2D eigenvalue weighted by Crippen LogP contribution is 2.11. The highest BCUT2D eigenvalue weighted by molar-refractivity contribution is 5.48. The van der Waals surface area contributed by atoms with Crippen molar-refractivity contribution in [1.82, 2.24) is 0 Å². The summed E-state index contributed by atoms with van der Waals surface area (Å²) in [6, 6.07) is 9.77. The van der Waals surface area contributed by atoms with E-state index >= 15 is 0 Å². The van der Waals surface area contributed by atoms with E-state index in [2.05, 4.69) is 25.2 Å². The summed E-state index contributed by atoms with van der Waals surface area (Å²) in [5, 5.41) is 12.1. The van der Waals surface area contributed by atoms with E-state index < -0.39 is 0 Å². The van der Waals surface area contributed by atoms with Gasteiger partial charge in [0.15, 0.2) is 0 Å². The van der Waals surface area contributed by atoms with Gasteiger partial charge in [0.2, 0.25) is 0 Å². The summed E-state index contributed by atoms with van der Waals surface area (Å²) in [6.07, 6.45) is 3.75. The van der Waals surface area contributed by atoms with E-state index in [1.807, 2.05) is 24.3 Å². The standard InChI is InChI=1S/C14H20N2/c1-12(2)6-3-4-9-16-14-8-5-7-13(10-14)11-15/h5,7-8,10,12,16H,3-4,6,9H2,1-2H3. The van der Waals surface area contributed by atoms with Gasteiger partial charge >= 0.3 is 0 Å². The fourth-order valence-electron chi connectivity index (χ4n) is 1.61. The zero-order valence-corrected chi connectivity index (χ0v) is 10.2. The third kappa shape index (κ3) is 4.84. The molecule has 0 aliphatic carbocycles. The van der Waals surface area contributed by atoms with E-state index in [0.29, 0.717) is 5.56 Å². The molecule has 0 radical (unpaired) electrons. The van der Waals surface area contributed by atoms with Crippen LogP contribution < -0.4 is 5.32 Å². The molecule has 86 valence electrons. The number of anilines is 1. The molecule has 0 aliphatic heterocycles. The lowest BCUT2D eigenvalue weighted by Gasteiger charge is -2.07. The van der Waals surface area contributed by atoms with Crippen molar-refractivity contribution >= 4 is 5.69 Å². The van der Waals surface area contributed by atoms with E-state index in [1.165, 1.54) is 19.3 Å². The smallest absolute Gasteiger partial charge is 0.0992 e. The van der Waals surface area contributed by atoms with Crippen LogP contribution in [0.3, 0.4) is 0 Å². The van der Waals surface area contributed by atoms with Gasteiger partial charge in [-0.2, -0.15) is 5.26 Å². The summed E-state index contributed by atoms with van der Waals surface area (Å²) in [6.45, 7) is 5.50. The van der Waals surface area contributed by atoms with Crippen molar-refractivity contribution in [1.29, 1.82) is 5.26 Å². The van der Waals surface area contributed by atoms with E-state index in [4.69, 9.17) is 5.26 Å². The van der Waals surface area contributed by atoms with Crippen LogP contribution in [0, 0.1) is 17.2 Å². The van der Waals surface area contributed by atoms with Gasteiger partial charge in [-0.25, -0.2) is 0 Å². The van der Waals surface area contributed by atoms with Gasteiger partial charge in [-0.05, 0) is 30.5 Å². The summed E-state index contributed by atoms with van der Waals surface area (Å²) < 4.78 is 0. The molecule has 0 aliphatic rings. The van der Waals surface area contributed by atoms with Crippen LogP contribution in [0.15, 0.2) is 24.3 Å². The molecule has 0 saturated carbocycles. The van der Waals surface area contributed by atoms with Crippen molar-refractivity contribution in [2.24, 2.45) is 5.92 Å². The molecule has 2 nitrogen and oxygen atoms in total. The van der Waals surface area contributed by atoms with Crippen LogP contribution in [0.1, 0.15) is 38.7 Å². The van der Waals surface area contributed by atoms with E-state index in [0.717, 1.165) is 18.2 Å². The van der Waals surface area contributed by atoms with Gasteiger partial charge in [-0.15, -0.1) is 0 Å². The molecular formula is C14H20N2. The quantitative estimate of drug-likeness (QED) is 0.734. The van der Waals surface area contributed by atoms with Gasteiger partial charge in [0.1, 0.15) is 0 Å². The van der Waals surface area contributed by atoms with Crippen molar-refractivity contribution in [2.45, 2.75) is 33.1 Å². The van der Waals surface area contributed by atoms with Gasteiger partial charge in [0, 0.05) is 12.2 Å². The van der Waals surface area contributed by atoms with Crippen LogP contribution in [0.25, 0.3) is 0 Å². The van der Waals surface area contributed by atoms with Crippen molar-refractivity contribution in [3.05, 3.63) is 29.8 Å². The third-order valence-electron chi connectivity index (χ3n) is 2.53. The fourth-order valence-corrected chi connectivity index (χ4v) is 1.61. The minimum absolute atomic E-state index is 0.715. The molecule has 1 rings (SSSR count). The first-order chi connectivity index (χ1) is 7.72. The summed E-state index contributed by atoms with van der Waals surface area (Å²) in [5.74, 6) is 0.793. The molecule has 0 heterocycles. The molecule has 2 heteroatoms. The highest BCUT2D eigenvalue weighted by Gasteiger charge is 1.96. The van der Waals surface area contributed by atoms with Crippen LogP contribution in [0.2, 0.25) is 0 Å². The third-order valence-corrected chi connectivity index (χ3v) is 2.53.